The van der Waals surface area contributed by atoms with Crippen molar-refractivity contribution in [3.63, 3.8) is 0 Å². The minimum Gasteiger partial charge on any atom is -0.503 e. The summed E-state index contributed by atoms with van der Waals surface area (Å²) in [4.78, 5) is 32.0. The van der Waals surface area contributed by atoms with E-state index in [1.165, 1.54) is 32.0 Å². The van der Waals surface area contributed by atoms with E-state index in [0.717, 1.165) is 11.3 Å². The highest BCUT2D eigenvalue weighted by molar-refractivity contribution is 9.10. The summed E-state index contributed by atoms with van der Waals surface area (Å²) in [6, 6.07) is 5.66. The number of aromatic hydroxyl groups is 1. The number of allylic oxidation sites excluding steroid dienone is 1. The van der Waals surface area contributed by atoms with Crippen molar-refractivity contribution in [1.29, 1.82) is 0 Å². The number of rotatable bonds is 7. The Bertz CT molecular complexity index is 1640. The molecular formula is C26H24BrClN2O7S. The van der Waals surface area contributed by atoms with Crippen LogP contribution in [0, 0.1) is 0 Å². The molecule has 0 unspecified atom stereocenters. The van der Waals surface area contributed by atoms with E-state index in [2.05, 4.69) is 20.9 Å². The quantitative estimate of drug-likeness (QED) is 0.397. The molecule has 12 heteroatoms. The Labute approximate surface area is 235 Å². The van der Waals surface area contributed by atoms with Crippen LogP contribution in [0.5, 0.6) is 23.0 Å². The smallest absolute Gasteiger partial charge is 0.338 e. The number of hydrogen-bond acceptors (Lipinski definition) is 9. The molecule has 1 aromatic heterocycles. The highest BCUT2D eigenvalue weighted by atomic mass is 79.9. The molecule has 0 amide bonds. The molecule has 1 aliphatic rings. The number of phenolic OH excluding ortho intramolecular Hbond substituents is 1. The first kappa shape index (κ1) is 27.7. The summed E-state index contributed by atoms with van der Waals surface area (Å²) in [5.41, 5.74) is 1.41. The molecule has 0 saturated carbocycles. The number of nitrogens with zero attached hydrogens (tertiary/aromatic N) is 2. The lowest BCUT2D eigenvalue weighted by atomic mass is 9.95. The van der Waals surface area contributed by atoms with Gasteiger partial charge in [-0.15, -0.1) is 0 Å². The predicted molar refractivity (Wildman–Crippen MR) is 147 cm³/mol. The molecular weight excluding hydrogens is 600 g/mol. The Kier molecular flexibility index (Phi) is 8.19. The third-order valence-electron chi connectivity index (χ3n) is 5.88. The van der Waals surface area contributed by atoms with Crippen molar-refractivity contribution < 1.29 is 28.8 Å². The van der Waals surface area contributed by atoms with Crippen molar-refractivity contribution in [1.82, 2.24) is 4.57 Å². The van der Waals surface area contributed by atoms with Crippen LogP contribution in [0.1, 0.15) is 31.0 Å². The van der Waals surface area contributed by atoms with Gasteiger partial charge in [-0.05, 0) is 55.3 Å². The average Bonchev–Trinajstić information content (AvgIpc) is 3.19. The zero-order valence-corrected chi connectivity index (χ0v) is 24.3. The lowest BCUT2D eigenvalue weighted by Crippen LogP contribution is -2.40. The van der Waals surface area contributed by atoms with E-state index < -0.39 is 12.0 Å². The van der Waals surface area contributed by atoms with Gasteiger partial charge in [-0.2, -0.15) is 0 Å². The van der Waals surface area contributed by atoms with Crippen LogP contribution in [-0.2, 0) is 9.53 Å². The number of thiazole rings is 1. The van der Waals surface area contributed by atoms with E-state index in [4.69, 9.17) is 30.5 Å². The van der Waals surface area contributed by atoms with E-state index in [9.17, 15) is 14.7 Å². The number of carbonyl (C=O) groups is 1. The van der Waals surface area contributed by atoms with Gasteiger partial charge in [-0.1, -0.05) is 38.9 Å². The second-order valence-corrected chi connectivity index (χ2v) is 10.4. The highest BCUT2D eigenvalue weighted by Crippen LogP contribution is 2.41. The molecule has 2 heterocycles. The van der Waals surface area contributed by atoms with Gasteiger partial charge in [0.2, 0.25) is 0 Å². The van der Waals surface area contributed by atoms with Crippen LogP contribution in [0.3, 0.4) is 0 Å². The Balaban J connectivity index is 2.01. The van der Waals surface area contributed by atoms with Gasteiger partial charge >= 0.3 is 5.97 Å². The molecule has 1 N–H and O–H groups in total. The van der Waals surface area contributed by atoms with Crippen molar-refractivity contribution in [2.45, 2.75) is 19.9 Å². The Morgan fingerprint density at radius 2 is 1.82 bits per heavy atom. The van der Waals surface area contributed by atoms with Crippen molar-refractivity contribution in [3.8, 4) is 23.0 Å². The van der Waals surface area contributed by atoms with Crippen LogP contribution in [0.4, 0.5) is 0 Å². The number of carbonyl (C=O) groups excluding carboxylic acids is 1. The maximum Gasteiger partial charge on any atom is 0.338 e. The zero-order valence-electron chi connectivity index (χ0n) is 21.1. The Hall–Kier alpha value is -3.28. The van der Waals surface area contributed by atoms with Gasteiger partial charge in [0.05, 0.1) is 54.8 Å². The Morgan fingerprint density at radius 1 is 1.16 bits per heavy atom. The van der Waals surface area contributed by atoms with Crippen LogP contribution in [0.2, 0.25) is 5.02 Å². The van der Waals surface area contributed by atoms with Crippen molar-refractivity contribution in [3.05, 3.63) is 75.8 Å². The molecule has 0 spiro atoms. The SMILES string of the molecule is CCOC(=O)C1=C(C)N=c2s/c(=C\c3cc(Cl)c(O)c(OC)c3)c(=O)n2[C@@H]1c1cc(OC)c(OC)cc1Br. The fourth-order valence-corrected chi connectivity index (χ4v) is 5.95. The van der Waals surface area contributed by atoms with Crippen LogP contribution in [-0.4, -0.2) is 43.6 Å². The number of esters is 1. The first-order chi connectivity index (χ1) is 18.1. The standard InChI is InChI=1S/C26H24BrClN2O7S/c1-6-37-25(33)21-12(2)29-26-30(22(21)14-10-17(34-3)18(35-4)11-15(14)27)24(32)20(38-26)9-13-7-16(28)23(31)19(8-13)36-5/h7-11,22,31H,6H2,1-5H3/b20-9-/t22-/m1/s1. The van der Waals surface area contributed by atoms with Gasteiger partial charge in [0.25, 0.3) is 5.56 Å². The van der Waals surface area contributed by atoms with Gasteiger partial charge in [0.1, 0.15) is 0 Å². The maximum absolute atomic E-state index is 13.9. The number of halogens is 2. The molecule has 0 fully saturated rings. The number of aromatic nitrogens is 1. The molecule has 0 radical (unpaired) electrons. The van der Waals surface area contributed by atoms with Crippen LogP contribution < -0.4 is 29.1 Å². The van der Waals surface area contributed by atoms with E-state index in [1.807, 2.05) is 0 Å². The number of hydrogen-bond donors (Lipinski definition) is 1. The molecule has 200 valence electrons. The number of methoxy groups -OCH3 is 3. The van der Waals surface area contributed by atoms with E-state index >= 15 is 0 Å². The molecule has 3 aromatic rings. The van der Waals surface area contributed by atoms with Gasteiger partial charge < -0.3 is 24.1 Å². The second-order valence-electron chi connectivity index (χ2n) is 8.08. The summed E-state index contributed by atoms with van der Waals surface area (Å²) >= 11 is 10.9. The lowest BCUT2D eigenvalue weighted by Gasteiger charge is -2.26. The molecule has 9 nitrogen and oxygen atoms in total. The first-order valence-corrected chi connectivity index (χ1v) is 13.3. The van der Waals surface area contributed by atoms with Gasteiger partial charge in [-0.3, -0.25) is 9.36 Å². The molecule has 38 heavy (non-hydrogen) atoms. The minimum atomic E-state index is -0.862. The zero-order chi connectivity index (χ0) is 27.7. The summed E-state index contributed by atoms with van der Waals surface area (Å²) in [6.07, 6.45) is 1.63. The van der Waals surface area contributed by atoms with Crippen LogP contribution >= 0.6 is 38.9 Å². The van der Waals surface area contributed by atoms with E-state index in [-0.39, 0.29) is 34.3 Å². The van der Waals surface area contributed by atoms with E-state index in [0.29, 0.717) is 42.1 Å². The summed E-state index contributed by atoms with van der Waals surface area (Å²) < 4.78 is 23.8. The van der Waals surface area contributed by atoms with Crippen molar-refractivity contribution in [2.75, 3.05) is 27.9 Å². The summed E-state index contributed by atoms with van der Waals surface area (Å²) in [5.74, 6) is 0.304. The van der Waals surface area contributed by atoms with E-state index in [1.54, 1.807) is 38.1 Å². The number of fused-ring (bicyclic) bond motifs is 1. The van der Waals surface area contributed by atoms with Crippen molar-refractivity contribution >= 4 is 50.9 Å². The summed E-state index contributed by atoms with van der Waals surface area (Å²) in [6.45, 7) is 3.57. The van der Waals surface area contributed by atoms with Crippen LogP contribution in [0.25, 0.3) is 6.08 Å². The predicted octanol–water partition coefficient (Wildman–Crippen LogP) is 3.95. The Morgan fingerprint density at radius 3 is 2.45 bits per heavy atom. The van der Waals surface area contributed by atoms with Gasteiger partial charge in [-0.25, -0.2) is 9.79 Å². The third kappa shape index (κ3) is 4.93. The summed E-state index contributed by atoms with van der Waals surface area (Å²) in [5, 5.41) is 10.2. The molecule has 0 aliphatic carbocycles. The van der Waals surface area contributed by atoms with Gasteiger partial charge in [0, 0.05) is 4.47 Å². The maximum atomic E-state index is 13.9. The highest BCUT2D eigenvalue weighted by Gasteiger charge is 2.35. The third-order valence-corrected chi connectivity index (χ3v) is 7.84. The fraction of sp³-hybridized carbons (Fsp3) is 0.269. The number of benzene rings is 2. The monoisotopic (exact) mass is 622 g/mol. The molecule has 0 bridgehead atoms. The normalized spacial score (nSPS) is 15.1. The van der Waals surface area contributed by atoms with Crippen LogP contribution in [0.15, 0.2) is 49.8 Å². The van der Waals surface area contributed by atoms with Gasteiger partial charge in [0.15, 0.2) is 27.8 Å². The second kappa shape index (κ2) is 11.2. The first-order valence-electron chi connectivity index (χ1n) is 11.3. The minimum absolute atomic E-state index is 0.0796. The number of ether oxygens (including phenoxy) is 4. The number of phenols is 1. The summed E-state index contributed by atoms with van der Waals surface area (Å²) in [7, 11) is 4.43. The lowest BCUT2D eigenvalue weighted by molar-refractivity contribution is -0.139. The van der Waals surface area contributed by atoms with Crippen molar-refractivity contribution in [2.24, 2.45) is 4.99 Å². The average molecular weight is 624 g/mol. The fourth-order valence-electron chi connectivity index (χ4n) is 4.15. The molecule has 2 aromatic carbocycles. The molecule has 0 saturated heterocycles. The molecule has 4 rings (SSSR count). The topological polar surface area (TPSA) is 109 Å². The molecule has 1 aliphatic heterocycles. The molecule has 1 atom stereocenters. The largest absolute Gasteiger partial charge is 0.503 e.